The molecule has 3 heterocycles. The van der Waals surface area contributed by atoms with E-state index >= 15 is 0 Å². The van der Waals surface area contributed by atoms with Gasteiger partial charge in [0, 0.05) is 17.4 Å². The predicted octanol–water partition coefficient (Wildman–Crippen LogP) is 0.867. The van der Waals surface area contributed by atoms with E-state index in [9.17, 15) is 4.79 Å². The second-order valence-corrected chi connectivity index (χ2v) is 7.22. The molecule has 0 bridgehead atoms. The smallest absolute Gasteiger partial charge is 0.315 e. The van der Waals surface area contributed by atoms with Crippen molar-refractivity contribution in [1.29, 1.82) is 0 Å². The van der Waals surface area contributed by atoms with Crippen LogP contribution in [0.2, 0.25) is 0 Å². The van der Waals surface area contributed by atoms with E-state index < -0.39 is 0 Å². The van der Waals surface area contributed by atoms with Crippen molar-refractivity contribution in [3.8, 4) is 0 Å². The fraction of sp³-hybridized carbons (Fsp3) is 0.750. The number of nitrogens with one attached hydrogen (secondary N) is 2. The number of unbranched alkanes of at least 4 members (excludes halogenated alkanes) is 1. The Balaban J connectivity index is 1.39. The summed E-state index contributed by atoms with van der Waals surface area (Å²) in [5.74, 6) is 1.72. The summed E-state index contributed by atoms with van der Waals surface area (Å²) in [4.78, 5) is 11.3. The molecule has 9 heteroatoms. The van der Waals surface area contributed by atoms with Gasteiger partial charge in [-0.05, 0) is 19.1 Å². The van der Waals surface area contributed by atoms with E-state index in [4.69, 9.17) is 0 Å². The minimum Gasteiger partial charge on any atom is -0.332 e. The summed E-state index contributed by atoms with van der Waals surface area (Å²) in [5, 5.41) is 23.2. The van der Waals surface area contributed by atoms with Gasteiger partial charge < -0.3 is 10.6 Å². The molecule has 2 aliphatic rings. The highest BCUT2D eigenvalue weighted by Crippen LogP contribution is 2.33. The van der Waals surface area contributed by atoms with Gasteiger partial charge in [0.25, 0.3) is 0 Å². The van der Waals surface area contributed by atoms with Crippen molar-refractivity contribution in [1.82, 2.24) is 31.0 Å². The Hall–Kier alpha value is -1.09. The SMILES string of the molecule is CSc1nnc(CCCC[C@@H]2SCC3NC(=O)NC32)nn1. The number of hydrogen-bond acceptors (Lipinski definition) is 7. The van der Waals surface area contributed by atoms with E-state index in [0.717, 1.165) is 31.4 Å². The first-order chi connectivity index (χ1) is 10.3. The molecule has 1 aromatic heterocycles. The van der Waals surface area contributed by atoms with Crippen molar-refractivity contribution in [3.63, 3.8) is 0 Å². The predicted molar refractivity (Wildman–Crippen MR) is 82.4 cm³/mol. The average molecular weight is 326 g/mol. The number of thioether (sulfide) groups is 2. The lowest BCUT2D eigenvalue weighted by Gasteiger charge is -2.16. The summed E-state index contributed by atoms with van der Waals surface area (Å²) < 4.78 is 0. The first-order valence-corrected chi connectivity index (χ1v) is 9.32. The van der Waals surface area contributed by atoms with Crippen molar-refractivity contribution in [2.45, 2.75) is 48.2 Å². The van der Waals surface area contributed by atoms with E-state index in [-0.39, 0.29) is 6.03 Å². The second kappa shape index (κ2) is 6.78. The molecule has 7 nitrogen and oxygen atoms in total. The van der Waals surface area contributed by atoms with Crippen molar-refractivity contribution < 1.29 is 4.79 Å². The van der Waals surface area contributed by atoms with Crippen molar-refractivity contribution in [3.05, 3.63) is 5.82 Å². The van der Waals surface area contributed by atoms with Crippen LogP contribution >= 0.6 is 23.5 Å². The molecule has 1 aromatic rings. The molecule has 2 N–H and O–H groups in total. The van der Waals surface area contributed by atoms with Crippen LogP contribution in [0.1, 0.15) is 25.1 Å². The van der Waals surface area contributed by atoms with E-state index in [1.807, 2.05) is 18.0 Å². The summed E-state index contributed by atoms with van der Waals surface area (Å²) in [6.45, 7) is 0. The van der Waals surface area contributed by atoms with Gasteiger partial charge in [-0.3, -0.25) is 0 Å². The molecule has 0 spiro atoms. The molecular weight excluding hydrogens is 308 g/mol. The molecule has 3 atom stereocenters. The Labute approximate surface area is 131 Å². The fourth-order valence-corrected chi connectivity index (χ4v) is 4.48. The second-order valence-electron chi connectivity index (χ2n) is 5.17. The molecule has 0 saturated carbocycles. The zero-order valence-electron chi connectivity index (χ0n) is 11.8. The van der Waals surface area contributed by atoms with Crippen LogP contribution in [-0.4, -0.2) is 55.8 Å². The van der Waals surface area contributed by atoms with Crippen LogP contribution in [0.3, 0.4) is 0 Å². The van der Waals surface area contributed by atoms with E-state index in [1.54, 1.807) is 0 Å². The Morgan fingerprint density at radius 1 is 1.24 bits per heavy atom. The third kappa shape index (κ3) is 3.57. The molecule has 2 saturated heterocycles. The zero-order chi connectivity index (χ0) is 14.7. The maximum absolute atomic E-state index is 11.3. The maximum atomic E-state index is 11.3. The topological polar surface area (TPSA) is 92.7 Å². The third-order valence-corrected chi connectivity index (χ3v) is 5.80. The van der Waals surface area contributed by atoms with Gasteiger partial charge in [-0.1, -0.05) is 18.2 Å². The first kappa shape index (κ1) is 14.8. The largest absolute Gasteiger partial charge is 0.332 e. The number of urea groups is 1. The normalized spacial score (nSPS) is 27.3. The number of rotatable bonds is 6. The molecule has 0 radical (unpaired) electrons. The summed E-state index contributed by atoms with van der Waals surface area (Å²) in [7, 11) is 0. The minimum absolute atomic E-state index is 0.0188. The van der Waals surface area contributed by atoms with Gasteiger partial charge in [0.05, 0.1) is 12.1 Å². The lowest BCUT2D eigenvalue weighted by atomic mass is 10.0. The molecule has 0 aliphatic carbocycles. The number of carbonyl (C=O) groups is 1. The highest BCUT2D eigenvalue weighted by molar-refractivity contribution is 8.00. The molecule has 114 valence electrons. The summed E-state index contributed by atoms with van der Waals surface area (Å²) in [6.07, 6.45) is 5.95. The van der Waals surface area contributed by atoms with Gasteiger partial charge >= 0.3 is 6.03 Å². The Bertz CT molecular complexity index is 499. The van der Waals surface area contributed by atoms with E-state index in [1.165, 1.54) is 11.8 Å². The highest BCUT2D eigenvalue weighted by atomic mass is 32.2. The molecule has 2 amide bonds. The number of aryl methyl sites for hydroxylation is 1. The summed E-state index contributed by atoms with van der Waals surface area (Å²) in [6, 6.07) is 0.584. The van der Waals surface area contributed by atoms with Crippen LogP contribution in [0, 0.1) is 0 Å². The Morgan fingerprint density at radius 3 is 2.81 bits per heavy atom. The van der Waals surface area contributed by atoms with Gasteiger partial charge in [0.15, 0.2) is 5.82 Å². The Morgan fingerprint density at radius 2 is 2.05 bits per heavy atom. The number of nitrogens with zero attached hydrogens (tertiary/aromatic N) is 4. The van der Waals surface area contributed by atoms with Gasteiger partial charge in [0.1, 0.15) is 0 Å². The van der Waals surface area contributed by atoms with Gasteiger partial charge in [-0.2, -0.15) is 11.8 Å². The number of hydrogen-bond donors (Lipinski definition) is 2. The van der Waals surface area contributed by atoms with Crippen LogP contribution < -0.4 is 10.6 Å². The summed E-state index contributed by atoms with van der Waals surface area (Å²) in [5.41, 5.74) is 0. The lowest BCUT2D eigenvalue weighted by Crippen LogP contribution is -2.36. The summed E-state index contributed by atoms with van der Waals surface area (Å²) >= 11 is 3.39. The number of amides is 2. The van der Waals surface area contributed by atoms with Crippen LogP contribution in [0.5, 0.6) is 0 Å². The van der Waals surface area contributed by atoms with Gasteiger partial charge in [-0.15, -0.1) is 20.4 Å². The van der Waals surface area contributed by atoms with Crippen LogP contribution in [0.15, 0.2) is 5.16 Å². The zero-order valence-corrected chi connectivity index (χ0v) is 13.4. The molecule has 2 aliphatic heterocycles. The molecule has 21 heavy (non-hydrogen) atoms. The van der Waals surface area contributed by atoms with Crippen molar-refractivity contribution in [2.75, 3.05) is 12.0 Å². The minimum atomic E-state index is -0.0188. The van der Waals surface area contributed by atoms with Crippen molar-refractivity contribution in [2.24, 2.45) is 0 Å². The highest BCUT2D eigenvalue weighted by Gasteiger charge is 2.42. The van der Waals surface area contributed by atoms with Gasteiger partial charge in [-0.25, -0.2) is 4.79 Å². The molecule has 0 aromatic carbocycles. The molecule has 2 fully saturated rings. The van der Waals surface area contributed by atoms with Crippen LogP contribution in [0.25, 0.3) is 0 Å². The quantitative estimate of drug-likeness (QED) is 0.455. The van der Waals surface area contributed by atoms with E-state index in [0.29, 0.717) is 28.3 Å². The molecule has 3 rings (SSSR count). The number of fused-ring (bicyclic) bond motifs is 1. The van der Waals surface area contributed by atoms with Gasteiger partial charge in [0.2, 0.25) is 5.16 Å². The number of aromatic nitrogens is 4. The molecular formula is C12H18N6OS2. The van der Waals surface area contributed by atoms with Crippen LogP contribution in [0.4, 0.5) is 4.79 Å². The lowest BCUT2D eigenvalue weighted by molar-refractivity contribution is 0.247. The van der Waals surface area contributed by atoms with Crippen LogP contribution in [-0.2, 0) is 6.42 Å². The molecule has 2 unspecified atom stereocenters. The first-order valence-electron chi connectivity index (χ1n) is 7.05. The third-order valence-electron chi connectivity index (χ3n) is 3.76. The van der Waals surface area contributed by atoms with Crippen molar-refractivity contribution >= 4 is 29.6 Å². The maximum Gasteiger partial charge on any atom is 0.315 e. The van der Waals surface area contributed by atoms with E-state index in [2.05, 4.69) is 31.0 Å². The number of carbonyl (C=O) groups excluding carboxylic acids is 1. The standard InChI is InChI=1S/C12H18N6OS2/c1-20-12-17-15-9(16-18-12)5-3-2-4-8-10-7(6-21-8)13-11(19)14-10/h7-8,10H,2-6H2,1H3,(H2,13,14,19)/t7?,8-,10?/m0/s1. The monoisotopic (exact) mass is 326 g/mol. The fourth-order valence-electron chi connectivity index (χ4n) is 2.69. The average Bonchev–Trinajstić information content (AvgIpc) is 3.04. The Kier molecular flexibility index (Phi) is 4.79.